The number of carboxylic acids is 1. The number of aryl methyl sites for hydroxylation is 1. The van der Waals surface area contributed by atoms with Crippen LogP contribution in [0.1, 0.15) is 33.0 Å². The van der Waals surface area contributed by atoms with E-state index in [4.69, 9.17) is 5.11 Å². The second kappa shape index (κ2) is 7.39. The molecule has 8 heteroatoms. The molecule has 0 radical (unpaired) electrons. The number of rotatable bonds is 6. The summed E-state index contributed by atoms with van der Waals surface area (Å²) in [6.45, 7) is 0.181. The van der Waals surface area contributed by atoms with Gasteiger partial charge in [0.15, 0.2) is 0 Å². The maximum absolute atomic E-state index is 12.4. The maximum atomic E-state index is 12.4. The number of benzene rings is 1. The second-order valence-corrected chi connectivity index (χ2v) is 6.32. The molecule has 0 saturated heterocycles. The minimum absolute atomic E-state index is 0.0319. The van der Waals surface area contributed by atoms with E-state index in [0.29, 0.717) is 16.1 Å². The van der Waals surface area contributed by atoms with Crippen molar-refractivity contribution in [3.8, 4) is 5.75 Å². The van der Waals surface area contributed by atoms with E-state index in [1.54, 1.807) is 25.1 Å². The van der Waals surface area contributed by atoms with Crippen molar-refractivity contribution in [3.63, 3.8) is 0 Å². The molecule has 0 aliphatic heterocycles. The number of alkyl halides is 2. The van der Waals surface area contributed by atoms with E-state index in [1.165, 1.54) is 19.1 Å². The number of hydrogen-bond acceptors (Lipinski definition) is 4. The molecule has 1 heterocycles. The highest BCUT2D eigenvalue weighted by Gasteiger charge is 2.20. The minimum atomic E-state index is -3.02. The summed E-state index contributed by atoms with van der Waals surface area (Å²) in [5.41, 5.74) is 0.895. The quantitative estimate of drug-likeness (QED) is 0.818. The van der Waals surface area contributed by atoms with Crippen LogP contribution in [0.5, 0.6) is 5.75 Å². The topological polar surface area (TPSA) is 75.6 Å². The summed E-state index contributed by atoms with van der Waals surface area (Å²) in [5.74, 6) is -2.49. The standard InChI is InChI=1S/C16H15F2NO4S/c1-8-6-12(23-16(17)18)13(24-8)14(20)19-11-5-3-4-10(7-11)9(2)15(21)22/h3-7,9,16H,1-2H3,(H,19,20)(H,21,22). The number of thiophene rings is 1. The smallest absolute Gasteiger partial charge is 0.387 e. The van der Waals surface area contributed by atoms with Gasteiger partial charge in [-0.1, -0.05) is 12.1 Å². The Labute approximate surface area is 140 Å². The third kappa shape index (κ3) is 4.29. The molecular formula is C16H15F2NO4S. The zero-order valence-corrected chi connectivity index (χ0v) is 13.7. The lowest BCUT2D eigenvalue weighted by Crippen LogP contribution is -2.14. The highest BCUT2D eigenvalue weighted by atomic mass is 32.1. The molecule has 2 aromatic rings. The average molecular weight is 355 g/mol. The molecule has 1 aromatic carbocycles. The van der Waals surface area contributed by atoms with Crippen LogP contribution in [0.15, 0.2) is 30.3 Å². The lowest BCUT2D eigenvalue weighted by atomic mass is 10.0. The predicted molar refractivity (Wildman–Crippen MR) is 86.1 cm³/mol. The monoisotopic (exact) mass is 355 g/mol. The van der Waals surface area contributed by atoms with Crippen LogP contribution in [0.4, 0.5) is 14.5 Å². The summed E-state index contributed by atoms with van der Waals surface area (Å²) in [5, 5.41) is 11.6. The Bertz CT molecular complexity index is 760. The number of hydrogen-bond donors (Lipinski definition) is 2. The first-order chi connectivity index (χ1) is 11.3. The fourth-order valence-electron chi connectivity index (χ4n) is 2.05. The number of aliphatic carboxylic acids is 1. The van der Waals surface area contributed by atoms with Crippen LogP contribution in [-0.4, -0.2) is 23.6 Å². The summed E-state index contributed by atoms with van der Waals surface area (Å²) < 4.78 is 29.2. The SMILES string of the molecule is Cc1cc(OC(F)F)c(C(=O)Nc2cccc(C(C)C(=O)O)c2)s1. The number of carbonyl (C=O) groups is 2. The number of nitrogens with one attached hydrogen (secondary N) is 1. The number of anilines is 1. The number of ether oxygens (including phenoxy) is 1. The summed E-state index contributed by atoms with van der Waals surface area (Å²) >= 11 is 1.03. The first-order valence-corrected chi connectivity index (χ1v) is 7.79. The van der Waals surface area contributed by atoms with Crippen LogP contribution in [0.3, 0.4) is 0 Å². The molecule has 24 heavy (non-hydrogen) atoms. The predicted octanol–water partition coefficient (Wildman–Crippen LogP) is 4.10. The number of halogens is 2. The van der Waals surface area contributed by atoms with Crippen molar-refractivity contribution < 1.29 is 28.2 Å². The van der Waals surface area contributed by atoms with Gasteiger partial charge in [0, 0.05) is 10.6 Å². The lowest BCUT2D eigenvalue weighted by Gasteiger charge is -2.10. The molecular weight excluding hydrogens is 340 g/mol. The van der Waals surface area contributed by atoms with Crippen LogP contribution in [-0.2, 0) is 4.79 Å². The molecule has 0 spiro atoms. The largest absolute Gasteiger partial charge is 0.481 e. The summed E-state index contributed by atoms with van der Waals surface area (Å²) in [6, 6.07) is 7.74. The van der Waals surface area contributed by atoms with Gasteiger partial charge in [-0.05, 0) is 37.6 Å². The average Bonchev–Trinajstić information content (AvgIpc) is 2.86. The van der Waals surface area contributed by atoms with Crippen LogP contribution in [0.2, 0.25) is 0 Å². The highest BCUT2D eigenvalue weighted by molar-refractivity contribution is 7.14. The minimum Gasteiger partial charge on any atom is -0.481 e. The highest BCUT2D eigenvalue weighted by Crippen LogP contribution is 2.31. The zero-order valence-electron chi connectivity index (χ0n) is 12.9. The Balaban J connectivity index is 2.21. The van der Waals surface area contributed by atoms with Crippen molar-refractivity contribution in [2.75, 3.05) is 5.32 Å². The Hall–Kier alpha value is -2.48. The first-order valence-electron chi connectivity index (χ1n) is 6.97. The van der Waals surface area contributed by atoms with E-state index in [-0.39, 0.29) is 10.6 Å². The summed E-state index contributed by atoms with van der Waals surface area (Å²) in [6.07, 6.45) is 0. The Morgan fingerprint density at radius 3 is 2.62 bits per heavy atom. The van der Waals surface area contributed by atoms with Crippen LogP contribution in [0, 0.1) is 6.92 Å². The molecule has 0 fully saturated rings. The fourth-order valence-corrected chi connectivity index (χ4v) is 2.89. The Kier molecular flexibility index (Phi) is 5.50. The van der Waals surface area contributed by atoms with Gasteiger partial charge < -0.3 is 15.2 Å². The van der Waals surface area contributed by atoms with Gasteiger partial charge in [-0.25, -0.2) is 0 Å². The second-order valence-electron chi connectivity index (χ2n) is 5.07. The molecule has 1 aromatic heterocycles. The van der Waals surface area contributed by atoms with Gasteiger partial charge in [0.25, 0.3) is 5.91 Å². The fraction of sp³-hybridized carbons (Fsp3) is 0.250. The third-order valence-corrected chi connectivity index (χ3v) is 4.29. The van der Waals surface area contributed by atoms with Crippen molar-refractivity contribution in [2.45, 2.75) is 26.4 Å². The van der Waals surface area contributed by atoms with Crippen LogP contribution in [0.25, 0.3) is 0 Å². The van der Waals surface area contributed by atoms with E-state index in [1.807, 2.05) is 0 Å². The van der Waals surface area contributed by atoms with Crippen molar-refractivity contribution >= 4 is 28.9 Å². The number of carboxylic acid groups (broad SMARTS) is 1. The van der Waals surface area contributed by atoms with Crippen LogP contribution < -0.4 is 10.1 Å². The molecule has 2 rings (SSSR count). The van der Waals surface area contributed by atoms with E-state index >= 15 is 0 Å². The lowest BCUT2D eigenvalue weighted by molar-refractivity contribution is -0.138. The zero-order chi connectivity index (χ0) is 17.9. The Morgan fingerprint density at radius 2 is 2.00 bits per heavy atom. The first kappa shape index (κ1) is 17.9. The molecule has 2 N–H and O–H groups in total. The van der Waals surface area contributed by atoms with Crippen molar-refractivity contribution in [1.82, 2.24) is 0 Å². The van der Waals surface area contributed by atoms with E-state index in [9.17, 15) is 18.4 Å². The van der Waals surface area contributed by atoms with E-state index in [2.05, 4.69) is 10.1 Å². The normalized spacial score (nSPS) is 12.0. The van der Waals surface area contributed by atoms with Gasteiger partial charge in [0.1, 0.15) is 10.6 Å². The molecule has 5 nitrogen and oxygen atoms in total. The number of carbonyl (C=O) groups excluding carboxylic acids is 1. The van der Waals surface area contributed by atoms with Gasteiger partial charge in [0.05, 0.1) is 5.92 Å². The molecule has 1 atom stereocenters. The van der Waals surface area contributed by atoms with Crippen molar-refractivity contribution in [3.05, 3.63) is 45.6 Å². The summed E-state index contributed by atoms with van der Waals surface area (Å²) in [4.78, 5) is 24.0. The van der Waals surface area contributed by atoms with Gasteiger partial charge in [-0.3, -0.25) is 9.59 Å². The molecule has 128 valence electrons. The van der Waals surface area contributed by atoms with E-state index < -0.39 is 24.4 Å². The van der Waals surface area contributed by atoms with E-state index in [0.717, 1.165) is 11.3 Å². The van der Waals surface area contributed by atoms with Gasteiger partial charge in [-0.15, -0.1) is 11.3 Å². The molecule has 1 unspecified atom stereocenters. The molecule has 0 aliphatic carbocycles. The third-order valence-electron chi connectivity index (χ3n) is 3.26. The number of amides is 1. The van der Waals surface area contributed by atoms with Gasteiger partial charge >= 0.3 is 12.6 Å². The Morgan fingerprint density at radius 1 is 1.29 bits per heavy atom. The molecule has 0 bridgehead atoms. The van der Waals surface area contributed by atoms with Gasteiger partial charge in [-0.2, -0.15) is 8.78 Å². The van der Waals surface area contributed by atoms with Crippen LogP contribution >= 0.6 is 11.3 Å². The van der Waals surface area contributed by atoms with Gasteiger partial charge in [0.2, 0.25) is 0 Å². The molecule has 0 saturated carbocycles. The maximum Gasteiger partial charge on any atom is 0.387 e. The molecule has 1 amide bonds. The summed E-state index contributed by atoms with van der Waals surface area (Å²) in [7, 11) is 0. The van der Waals surface area contributed by atoms with Crippen molar-refractivity contribution in [2.24, 2.45) is 0 Å². The van der Waals surface area contributed by atoms with Crippen molar-refractivity contribution in [1.29, 1.82) is 0 Å². The molecule has 0 aliphatic rings.